The molecule has 5 heteroatoms. The Morgan fingerprint density at radius 2 is 2.00 bits per heavy atom. The van der Waals surface area contributed by atoms with E-state index in [1.54, 1.807) is 0 Å². The highest BCUT2D eigenvalue weighted by Crippen LogP contribution is 2.35. The molecule has 0 radical (unpaired) electrons. The zero-order chi connectivity index (χ0) is 15.1. The van der Waals surface area contributed by atoms with E-state index in [1.165, 1.54) is 0 Å². The van der Waals surface area contributed by atoms with Crippen molar-refractivity contribution in [2.75, 3.05) is 0 Å². The standard InChI is InChI=1S/C15H16BrNO3/c1-8-5-6-9(15(2,3)4)7-10(8)13-11(16)12(14(18)19)17-20-13/h5-7H,1-4H3,(H,18,19). The lowest BCUT2D eigenvalue weighted by Crippen LogP contribution is -2.11. The summed E-state index contributed by atoms with van der Waals surface area (Å²) < 4.78 is 5.59. The van der Waals surface area contributed by atoms with Crippen LogP contribution in [0.25, 0.3) is 11.3 Å². The summed E-state index contributed by atoms with van der Waals surface area (Å²) in [5.41, 5.74) is 2.90. The van der Waals surface area contributed by atoms with Crippen LogP contribution in [0, 0.1) is 6.92 Å². The number of carboxylic acid groups (broad SMARTS) is 1. The zero-order valence-electron chi connectivity index (χ0n) is 11.8. The number of carboxylic acids is 1. The molecule has 1 aromatic carbocycles. The van der Waals surface area contributed by atoms with Gasteiger partial charge in [0, 0.05) is 5.56 Å². The van der Waals surface area contributed by atoms with E-state index in [2.05, 4.69) is 47.9 Å². The minimum Gasteiger partial charge on any atom is -0.476 e. The Morgan fingerprint density at radius 3 is 2.50 bits per heavy atom. The maximum absolute atomic E-state index is 11.0. The first-order valence-electron chi connectivity index (χ1n) is 6.22. The molecule has 0 aliphatic heterocycles. The Balaban J connectivity index is 2.61. The van der Waals surface area contributed by atoms with Crippen molar-refractivity contribution in [1.29, 1.82) is 0 Å². The Morgan fingerprint density at radius 1 is 1.35 bits per heavy atom. The molecule has 0 atom stereocenters. The highest BCUT2D eigenvalue weighted by molar-refractivity contribution is 9.10. The fraction of sp³-hybridized carbons (Fsp3) is 0.333. The van der Waals surface area contributed by atoms with Crippen molar-refractivity contribution in [1.82, 2.24) is 5.16 Å². The van der Waals surface area contributed by atoms with Gasteiger partial charge in [0.25, 0.3) is 0 Å². The predicted molar refractivity (Wildman–Crippen MR) is 80.0 cm³/mol. The van der Waals surface area contributed by atoms with Crippen molar-refractivity contribution in [3.63, 3.8) is 0 Å². The molecule has 0 saturated heterocycles. The van der Waals surface area contributed by atoms with Gasteiger partial charge >= 0.3 is 5.97 Å². The molecule has 1 heterocycles. The second kappa shape index (κ2) is 5.05. The van der Waals surface area contributed by atoms with Gasteiger partial charge in [-0.15, -0.1) is 0 Å². The van der Waals surface area contributed by atoms with Crippen molar-refractivity contribution in [3.8, 4) is 11.3 Å². The van der Waals surface area contributed by atoms with E-state index in [-0.39, 0.29) is 11.1 Å². The van der Waals surface area contributed by atoms with Gasteiger partial charge in [0.1, 0.15) is 4.47 Å². The summed E-state index contributed by atoms with van der Waals surface area (Å²) in [4.78, 5) is 11.0. The van der Waals surface area contributed by atoms with Gasteiger partial charge in [0.2, 0.25) is 5.69 Å². The van der Waals surface area contributed by atoms with E-state index >= 15 is 0 Å². The normalized spacial score (nSPS) is 11.7. The van der Waals surface area contributed by atoms with E-state index in [4.69, 9.17) is 9.63 Å². The van der Waals surface area contributed by atoms with Gasteiger partial charge in [-0.2, -0.15) is 0 Å². The first-order chi connectivity index (χ1) is 9.21. The van der Waals surface area contributed by atoms with Gasteiger partial charge in [-0.3, -0.25) is 0 Å². The molecule has 0 aliphatic carbocycles. The van der Waals surface area contributed by atoms with E-state index in [9.17, 15) is 4.79 Å². The maximum atomic E-state index is 11.0. The van der Waals surface area contributed by atoms with Gasteiger partial charge in [-0.25, -0.2) is 4.79 Å². The average molecular weight is 338 g/mol. The summed E-state index contributed by atoms with van der Waals surface area (Å²) in [5, 5.41) is 12.6. The first-order valence-corrected chi connectivity index (χ1v) is 7.01. The largest absolute Gasteiger partial charge is 0.476 e. The van der Waals surface area contributed by atoms with Crippen LogP contribution in [-0.2, 0) is 5.41 Å². The Bertz CT molecular complexity index is 668. The van der Waals surface area contributed by atoms with Crippen molar-refractivity contribution < 1.29 is 14.4 Å². The summed E-state index contributed by atoms with van der Waals surface area (Å²) in [5.74, 6) is -0.664. The number of rotatable bonds is 2. The molecular formula is C15H16BrNO3. The van der Waals surface area contributed by atoms with Crippen LogP contribution >= 0.6 is 15.9 Å². The Hall–Kier alpha value is -1.62. The number of aryl methyl sites for hydroxylation is 1. The molecule has 0 unspecified atom stereocenters. The van der Waals surface area contributed by atoms with E-state index in [0.717, 1.165) is 16.7 Å². The molecule has 4 nitrogen and oxygen atoms in total. The lowest BCUT2D eigenvalue weighted by Gasteiger charge is -2.20. The number of aromatic nitrogens is 1. The average Bonchev–Trinajstić information content (AvgIpc) is 2.70. The molecule has 0 spiro atoms. The molecule has 2 rings (SSSR count). The third kappa shape index (κ3) is 2.63. The van der Waals surface area contributed by atoms with Gasteiger partial charge in [0.15, 0.2) is 5.76 Å². The summed E-state index contributed by atoms with van der Waals surface area (Å²) >= 11 is 3.26. The lowest BCUT2D eigenvalue weighted by atomic mass is 9.85. The van der Waals surface area contributed by atoms with Crippen LogP contribution in [0.5, 0.6) is 0 Å². The van der Waals surface area contributed by atoms with Crippen molar-refractivity contribution in [2.45, 2.75) is 33.1 Å². The first kappa shape index (κ1) is 14.8. The molecule has 2 aromatic rings. The lowest BCUT2D eigenvalue weighted by molar-refractivity contribution is 0.0685. The van der Waals surface area contributed by atoms with Crippen molar-refractivity contribution in [2.24, 2.45) is 0 Å². The molecular weight excluding hydrogens is 322 g/mol. The van der Waals surface area contributed by atoms with Crippen LogP contribution in [0.15, 0.2) is 27.2 Å². The van der Waals surface area contributed by atoms with Crippen LogP contribution in [-0.4, -0.2) is 16.2 Å². The van der Waals surface area contributed by atoms with Crippen molar-refractivity contribution in [3.05, 3.63) is 39.5 Å². The topological polar surface area (TPSA) is 63.3 Å². The Kier molecular flexibility index (Phi) is 3.73. The molecule has 0 saturated carbocycles. The fourth-order valence-electron chi connectivity index (χ4n) is 1.91. The summed E-state index contributed by atoms with van der Waals surface area (Å²) in [6.07, 6.45) is 0. The maximum Gasteiger partial charge on any atom is 0.359 e. The highest BCUT2D eigenvalue weighted by Gasteiger charge is 2.23. The molecule has 0 bridgehead atoms. The molecule has 0 fully saturated rings. The quantitative estimate of drug-likeness (QED) is 0.881. The van der Waals surface area contributed by atoms with Gasteiger partial charge in [0.05, 0.1) is 0 Å². The zero-order valence-corrected chi connectivity index (χ0v) is 13.4. The third-order valence-corrected chi connectivity index (χ3v) is 3.92. The summed E-state index contributed by atoms with van der Waals surface area (Å²) in [6, 6.07) is 6.10. The number of hydrogen-bond donors (Lipinski definition) is 1. The van der Waals surface area contributed by atoms with E-state index in [0.29, 0.717) is 10.2 Å². The molecule has 0 amide bonds. The molecule has 106 valence electrons. The second-order valence-electron chi connectivity index (χ2n) is 5.76. The minimum atomic E-state index is -1.11. The molecule has 20 heavy (non-hydrogen) atoms. The minimum absolute atomic E-state index is 0.00454. The fourth-order valence-corrected chi connectivity index (χ4v) is 2.44. The number of aromatic carboxylic acids is 1. The van der Waals surface area contributed by atoms with Crippen LogP contribution in [0.1, 0.15) is 42.4 Å². The smallest absolute Gasteiger partial charge is 0.359 e. The highest BCUT2D eigenvalue weighted by atomic mass is 79.9. The predicted octanol–water partition coefficient (Wildman–Crippen LogP) is 4.41. The number of carbonyl (C=O) groups is 1. The van der Waals surface area contributed by atoms with Crippen LogP contribution in [0.4, 0.5) is 0 Å². The summed E-state index contributed by atoms with van der Waals surface area (Å²) in [6.45, 7) is 8.33. The number of halogens is 1. The van der Waals surface area contributed by atoms with Gasteiger partial charge in [-0.1, -0.05) is 38.1 Å². The van der Waals surface area contributed by atoms with Gasteiger partial charge < -0.3 is 9.63 Å². The molecule has 1 aromatic heterocycles. The monoisotopic (exact) mass is 337 g/mol. The van der Waals surface area contributed by atoms with Crippen molar-refractivity contribution >= 4 is 21.9 Å². The van der Waals surface area contributed by atoms with E-state index < -0.39 is 5.97 Å². The number of hydrogen-bond acceptors (Lipinski definition) is 3. The second-order valence-corrected chi connectivity index (χ2v) is 6.55. The SMILES string of the molecule is Cc1ccc(C(C)(C)C)cc1-c1onc(C(=O)O)c1Br. The number of nitrogens with zero attached hydrogens (tertiary/aromatic N) is 1. The van der Waals surface area contributed by atoms with Crippen LogP contribution in [0.2, 0.25) is 0 Å². The molecule has 0 aliphatic rings. The van der Waals surface area contributed by atoms with Crippen LogP contribution in [0.3, 0.4) is 0 Å². The third-order valence-electron chi connectivity index (χ3n) is 3.19. The Labute approximate surface area is 125 Å². The van der Waals surface area contributed by atoms with Crippen LogP contribution < -0.4 is 0 Å². The van der Waals surface area contributed by atoms with E-state index in [1.807, 2.05) is 19.1 Å². The van der Waals surface area contributed by atoms with Gasteiger partial charge in [-0.05, 0) is 45.5 Å². The number of benzene rings is 1. The summed E-state index contributed by atoms with van der Waals surface area (Å²) in [7, 11) is 0. The molecule has 1 N–H and O–H groups in total.